The van der Waals surface area contributed by atoms with E-state index in [2.05, 4.69) is 41.3 Å². The van der Waals surface area contributed by atoms with Crippen LogP contribution in [-0.2, 0) is 9.47 Å². The number of morpholine rings is 1. The van der Waals surface area contributed by atoms with Gasteiger partial charge in [0.15, 0.2) is 5.96 Å². The van der Waals surface area contributed by atoms with Crippen LogP contribution in [0.15, 0.2) is 4.99 Å². The molecule has 0 amide bonds. The smallest absolute Gasteiger partial charge is 0.191 e. The van der Waals surface area contributed by atoms with Crippen molar-refractivity contribution in [2.45, 2.75) is 27.2 Å². The highest BCUT2D eigenvalue weighted by atomic mass is 16.5. The van der Waals surface area contributed by atoms with Crippen molar-refractivity contribution >= 4 is 5.96 Å². The molecule has 0 aromatic carbocycles. The van der Waals surface area contributed by atoms with E-state index in [1.165, 1.54) is 0 Å². The van der Waals surface area contributed by atoms with Crippen LogP contribution >= 0.6 is 0 Å². The Morgan fingerprint density at radius 2 is 2.05 bits per heavy atom. The molecule has 0 unspecified atom stereocenters. The molecule has 6 nitrogen and oxygen atoms in total. The first-order chi connectivity index (χ1) is 10.7. The number of ether oxygens (including phenoxy) is 2. The van der Waals surface area contributed by atoms with E-state index in [1.807, 2.05) is 0 Å². The molecular weight excluding hydrogens is 280 g/mol. The number of guanidine groups is 1. The van der Waals surface area contributed by atoms with Gasteiger partial charge in [-0.15, -0.1) is 0 Å². The van der Waals surface area contributed by atoms with Crippen LogP contribution in [0, 0.1) is 5.92 Å². The molecule has 1 heterocycles. The summed E-state index contributed by atoms with van der Waals surface area (Å²) in [5.41, 5.74) is 0. The van der Waals surface area contributed by atoms with Crippen LogP contribution in [0.5, 0.6) is 0 Å². The maximum absolute atomic E-state index is 5.57. The summed E-state index contributed by atoms with van der Waals surface area (Å²) in [5, 5.41) is 6.68. The highest BCUT2D eigenvalue weighted by molar-refractivity contribution is 5.79. The van der Waals surface area contributed by atoms with Crippen LogP contribution in [0.4, 0.5) is 0 Å². The van der Waals surface area contributed by atoms with Gasteiger partial charge in [-0.3, -0.25) is 9.89 Å². The van der Waals surface area contributed by atoms with Crippen LogP contribution in [0.25, 0.3) is 0 Å². The molecule has 0 aromatic rings. The summed E-state index contributed by atoms with van der Waals surface area (Å²) >= 11 is 0. The minimum absolute atomic E-state index is 0.600. The molecule has 130 valence electrons. The minimum atomic E-state index is 0.600. The Morgan fingerprint density at radius 1 is 1.27 bits per heavy atom. The van der Waals surface area contributed by atoms with Gasteiger partial charge in [-0.1, -0.05) is 13.8 Å². The second-order valence-electron chi connectivity index (χ2n) is 5.96. The van der Waals surface area contributed by atoms with Crippen molar-refractivity contribution in [3.63, 3.8) is 0 Å². The lowest BCUT2D eigenvalue weighted by Crippen LogP contribution is -2.44. The van der Waals surface area contributed by atoms with Gasteiger partial charge in [0.1, 0.15) is 0 Å². The molecule has 6 heteroatoms. The molecule has 22 heavy (non-hydrogen) atoms. The van der Waals surface area contributed by atoms with Crippen molar-refractivity contribution in [2.24, 2.45) is 10.9 Å². The lowest BCUT2D eigenvalue weighted by atomic mass is 10.2. The van der Waals surface area contributed by atoms with E-state index in [1.54, 1.807) is 0 Å². The van der Waals surface area contributed by atoms with E-state index in [0.717, 1.165) is 78.1 Å². The molecule has 0 aliphatic carbocycles. The van der Waals surface area contributed by atoms with Crippen LogP contribution in [-0.4, -0.2) is 76.6 Å². The first kappa shape index (κ1) is 19.2. The highest BCUT2D eigenvalue weighted by Crippen LogP contribution is 1.95. The van der Waals surface area contributed by atoms with Crippen molar-refractivity contribution in [1.29, 1.82) is 0 Å². The summed E-state index contributed by atoms with van der Waals surface area (Å²) in [7, 11) is 0. The first-order valence-corrected chi connectivity index (χ1v) is 8.62. The summed E-state index contributed by atoms with van der Waals surface area (Å²) in [6.07, 6.45) is 0.965. The summed E-state index contributed by atoms with van der Waals surface area (Å²) in [6, 6.07) is 0. The quantitative estimate of drug-likeness (QED) is 0.357. The summed E-state index contributed by atoms with van der Waals surface area (Å²) in [4.78, 5) is 7.00. The fraction of sp³-hybridized carbons (Fsp3) is 0.938. The van der Waals surface area contributed by atoms with Gasteiger partial charge in [-0.25, -0.2) is 0 Å². The summed E-state index contributed by atoms with van der Waals surface area (Å²) < 4.78 is 10.9. The van der Waals surface area contributed by atoms with Gasteiger partial charge in [0.25, 0.3) is 0 Å². The normalized spacial score (nSPS) is 17.0. The monoisotopic (exact) mass is 314 g/mol. The zero-order chi connectivity index (χ0) is 16.0. The van der Waals surface area contributed by atoms with E-state index in [9.17, 15) is 0 Å². The van der Waals surface area contributed by atoms with Gasteiger partial charge in [0.05, 0.1) is 13.2 Å². The SMILES string of the molecule is CCNC(=NCCCOCC(C)C)NCCN1CCOCC1. The second-order valence-corrected chi connectivity index (χ2v) is 5.96. The van der Waals surface area contributed by atoms with Gasteiger partial charge < -0.3 is 20.1 Å². The Hall–Kier alpha value is -0.850. The third-order valence-corrected chi connectivity index (χ3v) is 3.34. The Labute approximate surface area is 135 Å². The van der Waals surface area contributed by atoms with Crippen molar-refractivity contribution in [3.8, 4) is 0 Å². The van der Waals surface area contributed by atoms with Gasteiger partial charge in [0, 0.05) is 52.5 Å². The first-order valence-electron chi connectivity index (χ1n) is 8.62. The van der Waals surface area contributed by atoms with E-state index in [0.29, 0.717) is 5.92 Å². The van der Waals surface area contributed by atoms with Crippen LogP contribution in [0.3, 0.4) is 0 Å². The minimum Gasteiger partial charge on any atom is -0.381 e. The molecule has 1 aliphatic rings. The fourth-order valence-corrected chi connectivity index (χ4v) is 2.18. The predicted molar refractivity (Wildman–Crippen MR) is 91.5 cm³/mol. The van der Waals surface area contributed by atoms with Crippen LogP contribution < -0.4 is 10.6 Å². The molecule has 0 atom stereocenters. The van der Waals surface area contributed by atoms with E-state index in [4.69, 9.17) is 9.47 Å². The molecule has 1 saturated heterocycles. The van der Waals surface area contributed by atoms with E-state index >= 15 is 0 Å². The lowest BCUT2D eigenvalue weighted by molar-refractivity contribution is 0.0389. The summed E-state index contributed by atoms with van der Waals surface area (Å²) in [6.45, 7) is 15.4. The number of hydrogen-bond acceptors (Lipinski definition) is 4. The lowest BCUT2D eigenvalue weighted by Gasteiger charge is -2.26. The van der Waals surface area contributed by atoms with Crippen molar-refractivity contribution in [3.05, 3.63) is 0 Å². The fourth-order valence-electron chi connectivity index (χ4n) is 2.18. The molecule has 0 spiro atoms. The molecule has 0 bridgehead atoms. The molecule has 1 rings (SSSR count). The average molecular weight is 314 g/mol. The standard InChI is InChI=1S/C16H34N4O2/c1-4-17-16(18-6-5-11-22-14-15(2)3)19-7-8-20-9-12-21-13-10-20/h15H,4-14H2,1-3H3,(H2,17,18,19). The maximum atomic E-state index is 5.57. The second kappa shape index (κ2) is 12.7. The highest BCUT2D eigenvalue weighted by Gasteiger charge is 2.09. The van der Waals surface area contributed by atoms with Gasteiger partial charge >= 0.3 is 0 Å². The Kier molecular flexibility index (Phi) is 11.1. The Bertz CT molecular complexity index is 292. The third-order valence-electron chi connectivity index (χ3n) is 3.34. The number of nitrogens with zero attached hydrogens (tertiary/aromatic N) is 2. The molecule has 0 radical (unpaired) electrons. The number of aliphatic imine (C=N–C) groups is 1. The van der Waals surface area contributed by atoms with E-state index < -0.39 is 0 Å². The van der Waals surface area contributed by atoms with Gasteiger partial charge in [-0.2, -0.15) is 0 Å². The predicted octanol–water partition coefficient (Wildman–Crippen LogP) is 0.936. The zero-order valence-corrected chi connectivity index (χ0v) is 14.6. The van der Waals surface area contributed by atoms with Crippen LogP contribution in [0.1, 0.15) is 27.2 Å². The molecule has 0 aromatic heterocycles. The Balaban J connectivity index is 2.12. The molecule has 1 fully saturated rings. The molecule has 0 saturated carbocycles. The zero-order valence-electron chi connectivity index (χ0n) is 14.6. The van der Waals surface area contributed by atoms with Crippen molar-refractivity contribution in [2.75, 3.05) is 65.7 Å². The third kappa shape index (κ3) is 9.97. The average Bonchev–Trinajstić information content (AvgIpc) is 2.51. The largest absolute Gasteiger partial charge is 0.381 e. The van der Waals surface area contributed by atoms with Crippen molar-refractivity contribution < 1.29 is 9.47 Å². The molecule has 1 aliphatic heterocycles. The molecular formula is C16H34N4O2. The topological polar surface area (TPSA) is 58.1 Å². The van der Waals surface area contributed by atoms with Gasteiger partial charge in [0.2, 0.25) is 0 Å². The van der Waals surface area contributed by atoms with Crippen molar-refractivity contribution in [1.82, 2.24) is 15.5 Å². The number of rotatable bonds is 10. The molecule has 2 N–H and O–H groups in total. The number of hydrogen-bond donors (Lipinski definition) is 2. The van der Waals surface area contributed by atoms with Gasteiger partial charge in [-0.05, 0) is 19.3 Å². The van der Waals surface area contributed by atoms with Crippen LogP contribution in [0.2, 0.25) is 0 Å². The van der Waals surface area contributed by atoms with E-state index in [-0.39, 0.29) is 0 Å². The maximum Gasteiger partial charge on any atom is 0.191 e. The summed E-state index contributed by atoms with van der Waals surface area (Å²) in [5.74, 6) is 1.50. The Morgan fingerprint density at radius 3 is 2.73 bits per heavy atom. The number of nitrogens with one attached hydrogen (secondary N) is 2.